The first-order chi connectivity index (χ1) is 9.43. The van der Waals surface area contributed by atoms with Crippen molar-refractivity contribution in [3.8, 4) is 0 Å². The predicted octanol–water partition coefficient (Wildman–Crippen LogP) is 1.31. The van der Waals surface area contributed by atoms with Crippen LogP contribution in [0.15, 0.2) is 18.2 Å². The van der Waals surface area contributed by atoms with Crippen LogP contribution < -0.4 is 21.1 Å². The van der Waals surface area contributed by atoms with Crippen molar-refractivity contribution in [3.63, 3.8) is 0 Å². The first-order valence-electron chi connectivity index (χ1n) is 7.31. The van der Waals surface area contributed by atoms with E-state index in [4.69, 9.17) is 16.7 Å². The Kier molecular flexibility index (Phi) is 4.52. The normalized spacial score (nSPS) is 17.5. The third-order valence-corrected chi connectivity index (χ3v) is 4.17. The molecule has 0 spiro atoms. The number of aliphatic hydroxyl groups excluding tert-OH is 1. The smallest absolute Gasteiger partial charge is 0.176 e. The maximum atomic E-state index is 9.02. The summed E-state index contributed by atoms with van der Waals surface area (Å²) in [6, 6.07) is 6.08. The van der Waals surface area contributed by atoms with Crippen LogP contribution in [0.1, 0.15) is 19.3 Å². The average molecular weight is 279 g/mol. The van der Waals surface area contributed by atoms with E-state index < -0.39 is 0 Å². The Labute approximate surface area is 121 Å². The molecule has 5 N–H and O–H groups in total. The number of benzene rings is 1. The van der Waals surface area contributed by atoms with Crippen LogP contribution in [-0.2, 0) is 0 Å². The Morgan fingerprint density at radius 2 is 1.95 bits per heavy atom. The summed E-state index contributed by atoms with van der Waals surface area (Å²) in [7, 11) is 3.84. The fraction of sp³-hybridized carbons (Fsp3) is 0.600. The summed E-state index contributed by atoms with van der Waals surface area (Å²) in [5.74, 6) is 6.77. The van der Waals surface area contributed by atoms with Gasteiger partial charge in [0.15, 0.2) is 5.69 Å². The molecule has 112 valence electrons. The Hall–Kier alpha value is -1.30. The number of para-hydroxylation sites is 1. The molecule has 5 heteroatoms. The van der Waals surface area contributed by atoms with Crippen LogP contribution >= 0.6 is 0 Å². The summed E-state index contributed by atoms with van der Waals surface area (Å²) in [6.07, 6.45) is 3.15. The molecule has 0 atom stereocenters. The molecular formula is C15H27N4O+. The molecule has 0 aliphatic carbocycles. The number of piperidine rings is 1. The number of hydrogen-bond acceptors (Lipinski definition) is 4. The topological polar surface area (TPSA) is 75.5 Å². The van der Waals surface area contributed by atoms with E-state index in [-0.39, 0.29) is 4.59 Å². The Balaban J connectivity index is 2.15. The molecule has 0 radical (unpaired) electrons. The number of anilines is 2. The summed E-state index contributed by atoms with van der Waals surface area (Å²) in [6.45, 7) is 2.29. The van der Waals surface area contributed by atoms with E-state index in [9.17, 15) is 0 Å². The minimum Gasteiger partial charge on any atom is -0.396 e. The lowest BCUT2D eigenvalue weighted by molar-refractivity contribution is 0.240. The fourth-order valence-electron chi connectivity index (χ4n) is 2.96. The third kappa shape index (κ3) is 3.23. The van der Waals surface area contributed by atoms with E-state index in [0.29, 0.717) is 12.5 Å². The molecule has 1 aliphatic rings. The van der Waals surface area contributed by atoms with Gasteiger partial charge in [-0.15, -0.1) is 0 Å². The zero-order valence-electron chi connectivity index (χ0n) is 12.5. The van der Waals surface area contributed by atoms with Crippen LogP contribution in [0.2, 0.25) is 0 Å². The van der Waals surface area contributed by atoms with Crippen LogP contribution in [0.4, 0.5) is 17.1 Å². The highest BCUT2D eigenvalue weighted by atomic mass is 16.3. The molecule has 1 aliphatic heterocycles. The number of hydrogen-bond donors (Lipinski definition) is 3. The molecular weight excluding hydrogens is 252 g/mol. The van der Waals surface area contributed by atoms with Crippen molar-refractivity contribution in [3.05, 3.63) is 18.2 Å². The van der Waals surface area contributed by atoms with Gasteiger partial charge in [0.05, 0.1) is 19.8 Å². The van der Waals surface area contributed by atoms with Gasteiger partial charge in [-0.2, -0.15) is 5.84 Å². The van der Waals surface area contributed by atoms with Gasteiger partial charge in [0, 0.05) is 25.8 Å². The summed E-state index contributed by atoms with van der Waals surface area (Å²) in [4.78, 5) is 2.34. The SMILES string of the molecule is C[N+](C)(N)c1cccc(N2CCC(CCO)CC2)c1N. The molecule has 1 saturated heterocycles. The number of rotatable bonds is 4. The number of quaternary nitrogens is 1. The first-order valence-corrected chi connectivity index (χ1v) is 7.31. The summed E-state index contributed by atoms with van der Waals surface area (Å²) in [5, 5.41) is 9.02. The van der Waals surface area contributed by atoms with Gasteiger partial charge in [-0.3, -0.25) is 0 Å². The predicted molar refractivity (Wildman–Crippen MR) is 85.3 cm³/mol. The van der Waals surface area contributed by atoms with Crippen molar-refractivity contribution in [2.24, 2.45) is 11.8 Å². The van der Waals surface area contributed by atoms with Gasteiger partial charge in [0.1, 0.15) is 5.69 Å². The van der Waals surface area contributed by atoms with Crippen LogP contribution in [0, 0.1) is 5.92 Å². The summed E-state index contributed by atoms with van der Waals surface area (Å²) >= 11 is 0. The van der Waals surface area contributed by atoms with Crippen molar-refractivity contribution in [2.45, 2.75) is 19.3 Å². The minimum absolute atomic E-state index is 0.237. The second-order valence-corrected chi connectivity index (χ2v) is 6.19. The van der Waals surface area contributed by atoms with Gasteiger partial charge in [-0.05, 0) is 31.2 Å². The Morgan fingerprint density at radius 3 is 2.50 bits per heavy atom. The molecule has 0 amide bonds. The van der Waals surface area contributed by atoms with Crippen LogP contribution in [-0.4, -0.2) is 38.9 Å². The van der Waals surface area contributed by atoms with E-state index in [1.807, 2.05) is 26.2 Å². The Bertz CT molecular complexity index is 448. The van der Waals surface area contributed by atoms with Gasteiger partial charge in [-0.25, -0.2) is 4.59 Å². The van der Waals surface area contributed by atoms with Crippen molar-refractivity contribution in [1.29, 1.82) is 0 Å². The van der Waals surface area contributed by atoms with Gasteiger partial charge in [-0.1, -0.05) is 6.07 Å². The van der Waals surface area contributed by atoms with Crippen molar-refractivity contribution in [2.75, 3.05) is 44.4 Å². The van der Waals surface area contributed by atoms with Crippen LogP contribution in [0.5, 0.6) is 0 Å². The second-order valence-electron chi connectivity index (χ2n) is 6.19. The lowest BCUT2D eigenvalue weighted by atomic mass is 9.93. The molecule has 0 bridgehead atoms. The van der Waals surface area contributed by atoms with Crippen molar-refractivity contribution < 1.29 is 5.11 Å². The fourth-order valence-corrected chi connectivity index (χ4v) is 2.96. The molecule has 0 unspecified atom stereocenters. The molecule has 2 rings (SSSR count). The van der Waals surface area contributed by atoms with Crippen molar-refractivity contribution in [1.82, 2.24) is 4.59 Å². The van der Waals surface area contributed by atoms with E-state index in [1.165, 1.54) is 0 Å². The van der Waals surface area contributed by atoms with E-state index in [2.05, 4.69) is 11.0 Å². The summed E-state index contributed by atoms with van der Waals surface area (Å²) < 4.78 is 0.237. The van der Waals surface area contributed by atoms with Gasteiger partial charge in [0.2, 0.25) is 0 Å². The zero-order valence-corrected chi connectivity index (χ0v) is 12.5. The molecule has 1 heterocycles. The third-order valence-electron chi connectivity index (χ3n) is 4.17. The van der Waals surface area contributed by atoms with Crippen LogP contribution in [0.25, 0.3) is 0 Å². The van der Waals surface area contributed by atoms with Gasteiger partial charge >= 0.3 is 0 Å². The molecule has 1 aromatic rings. The first kappa shape index (κ1) is 15.1. The van der Waals surface area contributed by atoms with Gasteiger partial charge < -0.3 is 15.7 Å². The molecule has 5 nitrogen and oxygen atoms in total. The molecule has 1 aromatic carbocycles. The largest absolute Gasteiger partial charge is 0.396 e. The highest BCUT2D eigenvalue weighted by molar-refractivity contribution is 5.80. The number of nitrogens with two attached hydrogens (primary N) is 2. The molecule has 1 fully saturated rings. The molecule has 20 heavy (non-hydrogen) atoms. The van der Waals surface area contributed by atoms with E-state index in [0.717, 1.165) is 49.4 Å². The lowest BCUT2D eigenvalue weighted by Gasteiger charge is -2.35. The highest BCUT2D eigenvalue weighted by Gasteiger charge is 2.24. The number of aliphatic hydroxyl groups is 1. The molecule has 0 saturated carbocycles. The maximum Gasteiger partial charge on any atom is 0.176 e. The second kappa shape index (κ2) is 5.99. The quantitative estimate of drug-likeness (QED) is 0.336. The average Bonchev–Trinajstić information content (AvgIpc) is 2.39. The number of nitrogens with zero attached hydrogens (tertiary/aromatic N) is 2. The van der Waals surface area contributed by atoms with E-state index >= 15 is 0 Å². The Morgan fingerprint density at radius 1 is 1.30 bits per heavy atom. The molecule has 0 aromatic heterocycles. The minimum atomic E-state index is 0.237. The number of nitrogen functional groups attached to an aromatic ring is 1. The van der Waals surface area contributed by atoms with Crippen molar-refractivity contribution >= 4 is 17.1 Å². The lowest BCUT2D eigenvalue weighted by Crippen LogP contribution is -2.48. The van der Waals surface area contributed by atoms with Crippen LogP contribution in [0.3, 0.4) is 0 Å². The monoisotopic (exact) mass is 279 g/mol. The van der Waals surface area contributed by atoms with Gasteiger partial charge in [0.25, 0.3) is 0 Å². The van der Waals surface area contributed by atoms with E-state index in [1.54, 1.807) is 0 Å². The standard InChI is InChI=1S/C15H27N4O/c1-19(2,17)14-5-3-4-13(15(14)16)18-9-6-12(7-10-18)8-11-20/h3-5,12,20H,6-11,16-17H2,1-2H3/q+1. The zero-order chi connectivity index (χ0) is 14.8. The summed E-state index contributed by atoms with van der Waals surface area (Å²) in [5.41, 5.74) is 9.12. The maximum absolute atomic E-state index is 9.02. The highest BCUT2D eigenvalue weighted by Crippen LogP contribution is 2.35.